The van der Waals surface area contributed by atoms with Crippen LogP contribution in [0.25, 0.3) is 6.08 Å². The lowest BCUT2D eigenvalue weighted by Gasteiger charge is -2.26. The molecule has 0 unspecified atom stereocenters. The number of anilines is 1. The number of ether oxygens (including phenoxy) is 2. The second-order valence-electron chi connectivity index (χ2n) is 7.60. The first kappa shape index (κ1) is 24.1. The molecule has 9 heteroatoms. The molecule has 176 valence electrons. The van der Waals surface area contributed by atoms with E-state index < -0.39 is 23.8 Å². The zero-order chi connectivity index (χ0) is 25.1. The number of methoxy groups -OCH3 is 1. The Kier molecular flexibility index (Phi) is 6.97. The Morgan fingerprint density at radius 3 is 2.40 bits per heavy atom. The van der Waals surface area contributed by atoms with Gasteiger partial charge in [0.05, 0.1) is 18.4 Å². The normalized spacial score (nSPS) is 14.7. The molecule has 0 spiro atoms. The molecule has 0 aromatic heterocycles. The van der Waals surface area contributed by atoms with E-state index in [4.69, 9.17) is 9.47 Å². The number of carbonyl (C=O) groups is 4. The van der Waals surface area contributed by atoms with Gasteiger partial charge in [0.1, 0.15) is 5.57 Å². The summed E-state index contributed by atoms with van der Waals surface area (Å²) in [6.45, 7) is 1.87. The average molecular weight is 582 g/mol. The van der Waals surface area contributed by atoms with Gasteiger partial charge in [-0.3, -0.25) is 14.9 Å². The summed E-state index contributed by atoms with van der Waals surface area (Å²) in [6.07, 6.45) is 1.35. The Balaban J connectivity index is 1.62. The predicted molar refractivity (Wildman–Crippen MR) is 137 cm³/mol. The van der Waals surface area contributed by atoms with Crippen LogP contribution in [-0.4, -0.2) is 30.9 Å². The monoisotopic (exact) mass is 582 g/mol. The fraction of sp³-hybridized carbons (Fsp3) is 0.0769. The van der Waals surface area contributed by atoms with E-state index in [1.54, 1.807) is 48.5 Å². The highest BCUT2D eigenvalue weighted by Gasteiger charge is 2.36. The van der Waals surface area contributed by atoms with Gasteiger partial charge in [-0.15, -0.1) is 0 Å². The number of esters is 1. The van der Waals surface area contributed by atoms with Gasteiger partial charge < -0.3 is 9.47 Å². The SMILES string of the molecule is COc1cc(/C=C2\C(=O)NC(=O)N(c3ccc(I)cc3)C2=O)ccc1OC(=O)c1cccc(C)c1. The molecule has 0 saturated carbocycles. The summed E-state index contributed by atoms with van der Waals surface area (Å²) in [4.78, 5) is 51.3. The minimum absolute atomic E-state index is 0.177. The van der Waals surface area contributed by atoms with E-state index in [9.17, 15) is 19.2 Å². The molecule has 3 aromatic carbocycles. The number of hydrogen-bond acceptors (Lipinski definition) is 6. The molecule has 1 N–H and O–H groups in total. The highest BCUT2D eigenvalue weighted by Crippen LogP contribution is 2.30. The number of aryl methyl sites for hydroxylation is 1. The molecule has 35 heavy (non-hydrogen) atoms. The van der Waals surface area contributed by atoms with Crippen molar-refractivity contribution >= 4 is 58.2 Å². The second kappa shape index (κ2) is 10.1. The number of nitrogens with one attached hydrogen (secondary N) is 1. The van der Waals surface area contributed by atoms with Gasteiger partial charge in [-0.25, -0.2) is 14.5 Å². The van der Waals surface area contributed by atoms with Gasteiger partial charge in [-0.2, -0.15) is 0 Å². The number of hydrogen-bond donors (Lipinski definition) is 1. The number of imide groups is 2. The highest BCUT2D eigenvalue weighted by molar-refractivity contribution is 14.1. The van der Waals surface area contributed by atoms with Crippen molar-refractivity contribution < 1.29 is 28.7 Å². The number of barbiturate groups is 1. The van der Waals surface area contributed by atoms with Crippen molar-refractivity contribution in [2.45, 2.75) is 6.92 Å². The lowest BCUT2D eigenvalue weighted by atomic mass is 10.1. The molecule has 1 aliphatic heterocycles. The van der Waals surface area contributed by atoms with Crippen molar-refractivity contribution in [3.05, 3.63) is 92.6 Å². The highest BCUT2D eigenvalue weighted by atomic mass is 127. The Morgan fingerprint density at radius 1 is 0.971 bits per heavy atom. The minimum atomic E-state index is -0.825. The first-order valence-corrected chi connectivity index (χ1v) is 11.5. The standard InChI is InChI=1S/C26H19IN2O6/c1-15-4-3-5-17(12-15)25(32)35-21-11-6-16(14-22(21)34-2)13-20-23(30)28-26(33)29(24(20)31)19-9-7-18(27)8-10-19/h3-14H,1-2H3,(H,28,30,33)/b20-13+. The minimum Gasteiger partial charge on any atom is -0.493 e. The third-order valence-electron chi connectivity index (χ3n) is 5.14. The number of carbonyl (C=O) groups excluding carboxylic acids is 4. The maximum absolute atomic E-state index is 13.1. The Hall–Kier alpha value is -3.99. The fourth-order valence-corrected chi connectivity index (χ4v) is 3.80. The fourth-order valence-electron chi connectivity index (χ4n) is 3.44. The van der Waals surface area contributed by atoms with Gasteiger partial charge in [0.25, 0.3) is 11.8 Å². The maximum atomic E-state index is 13.1. The third kappa shape index (κ3) is 5.24. The predicted octanol–water partition coefficient (Wildman–Crippen LogP) is 4.49. The number of halogens is 1. The molecule has 0 bridgehead atoms. The maximum Gasteiger partial charge on any atom is 0.343 e. The molecule has 3 aromatic rings. The summed E-state index contributed by atoms with van der Waals surface area (Å²) in [7, 11) is 1.41. The van der Waals surface area contributed by atoms with Gasteiger partial charge in [0.15, 0.2) is 11.5 Å². The topological polar surface area (TPSA) is 102 Å². The van der Waals surface area contributed by atoms with Crippen molar-refractivity contribution in [1.82, 2.24) is 5.32 Å². The summed E-state index contributed by atoms with van der Waals surface area (Å²) in [5, 5.41) is 2.19. The first-order valence-electron chi connectivity index (χ1n) is 10.4. The van der Waals surface area contributed by atoms with Crippen molar-refractivity contribution in [3.8, 4) is 11.5 Å². The molecule has 1 saturated heterocycles. The van der Waals surface area contributed by atoms with Gasteiger partial charge in [-0.05, 0) is 89.7 Å². The van der Waals surface area contributed by atoms with E-state index in [2.05, 4.69) is 27.9 Å². The summed E-state index contributed by atoms with van der Waals surface area (Å²) in [5.74, 6) is -1.71. The number of urea groups is 1. The molecule has 4 amide bonds. The summed E-state index contributed by atoms with van der Waals surface area (Å²) < 4.78 is 11.8. The quantitative estimate of drug-likeness (QED) is 0.156. The van der Waals surface area contributed by atoms with E-state index >= 15 is 0 Å². The largest absolute Gasteiger partial charge is 0.493 e. The summed E-state index contributed by atoms with van der Waals surface area (Å²) in [5.41, 5.74) is 1.86. The molecular weight excluding hydrogens is 563 g/mol. The summed E-state index contributed by atoms with van der Waals surface area (Å²) in [6, 6.07) is 17.5. The van der Waals surface area contributed by atoms with Crippen LogP contribution in [0.4, 0.5) is 10.5 Å². The molecule has 1 fully saturated rings. The van der Waals surface area contributed by atoms with Gasteiger partial charge in [0.2, 0.25) is 0 Å². The van der Waals surface area contributed by atoms with Crippen LogP contribution in [0.5, 0.6) is 11.5 Å². The number of benzene rings is 3. The number of nitrogens with zero attached hydrogens (tertiary/aromatic N) is 1. The van der Waals surface area contributed by atoms with Crippen LogP contribution in [-0.2, 0) is 9.59 Å². The van der Waals surface area contributed by atoms with Crippen molar-refractivity contribution in [2.75, 3.05) is 12.0 Å². The number of rotatable bonds is 5. The zero-order valence-corrected chi connectivity index (χ0v) is 20.9. The molecule has 4 rings (SSSR count). The van der Waals surface area contributed by atoms with Gasteiger partial charge in [-0.1, -0.05) is 23.8 Å². The van der Waals surface area contributed by atoms with Crippen LogP contribution in [0.1, 0.15) is 21.5 Å². The summed E-state index contributed by atoms with van der Waals surface area (Å²) >= 11 is 2.11. The molecule has 0 aliphatic carbocycles. The third-order valence-corrected chi connectivity index (χ3v) is 5.86. The lowest BCUT2D eigenvalue weighted by Crippen LogP contribution is -2.54. The molecule has 0 radical (unpaired) electrons. The van der Waals surface area contributed by atoms with Crippen molar-refractivity contribution in [3.63, 3.8) is 0 Å². The van der Waals surface area contributed by atoms with Crippen LogP contribution >= 0.6 is 22.6 Å². The molecule has 8 nitrogen and oxygen atoms in total. The van der Waals surface area contributed by atoms with E-state index in [1.165, 1.54) is 25.3 Å². The van der Waals surface area contributed by atoms with Crippen LogP contribution in [0.15, 0.2) is 72.3 Å². The average Bonchev–Trinajstić information content (AvgIpc) is 2.83. The first-order chi connectivity index (χ1) is 16.8. The second-order valence-corrected chi connectivity index (χ2v) is 8.85. The van der Waals surface area contributed by atoms with E-state index in [-0.39, 0.29) is 17.1 Å². The van der Waals surface area contributed by atoms with Gasteiger partial charge >= 0.3 is 12.0 Å². The van der Waals surface area contributed by atoms with Crippen LogP contribution in [0.2, 0.25) is 0 Å². The smallest absolute Gasteiger partial charge is 0.343 e. The van der Waals surface area contributed by atoms with Crippen LogP contribution in [0, 0.1) is 10.5 Å². The Morgan fingerprint density at radius 2 is 1.71 bits per heavy atom. The number of amides is 4. The van der Waals surface area contributed by atoms with E-state index in [0.29, 0.717) is 16.8 Å². The molecule has 1 heterocycles. The van der Waals surface area contributed by atoms with Gasteiger partial charge in [0, 0.05) is 3.57 Å². The zero-order valence-electron chi connectivity index (χ0n) is 18.7. The van der Waals surface area contributed by atoms with E-state index in [0.717, 1.165) is 14.0 Å². The van der Waals surface area contributed by atoms with Crippen LogP contribution in [0.3, 0.4) is 0 Å². The lowest BCUT2D eigenvalue weighted by molar-refractivity contribution is -0.122. The van der Waals surface area contributed by atoms with Crippen LogP contribution < -0.4 is 19.7 Å². The van der Waals surface area contributed by atoms with Crippen molar-refractivity contribution in [1.29, 1.82) is 0 Å². The Bertz CT molecular complexity index is 1380. The molecule has 0 atom stereocenters. The van der Waals surface area contributed by atoms with E-state index in [1.807, 2.05) is 13.0 Å². The molecular formula is C26H19IN2O6. The van der Waals surface area contributed by atoms with Crippen molar-refractivity contribution in [2.24, 2.45) is 0 Å². The molecule has 1 aliphatic rings. The Labute approximate surface area is 214 Å².